The number of benzene rings is 3. The van der Waals surface area contributed by atoms with Crippen molar-refractivity contribution < 1.29 is 23.9 Å². The van der Waals surface area contributed by atoms with E-state index in [0.29, 0.717) is 45.4 Å². The predicted molar refractivity (Wildman–Crippen MR) is 141 cm³/mol. The number of anilines is 1. The fraction of sp³-hybridized carbons (Fsp3) is 0.148. The zero-order chi connectivity index (χ0) is 26.2. The molecule has 9 nitrogen and oxygen atoms in total. The van der Waals surface area contributed by atoms with Gasteiger partial charge in [-0.3, -0.25) is 14.6 Å². The van der Waals surface area contributed by atoms with Crippen molar-refractivity contribution in [1.29, 1.82) is 0 Å². The normalized spacial score (nSPS) is 10.6. The van der Waals surface area contributed by atoms with Crippen LogP contribution in [0.15, 0.2) is 72.9 Å². The molecule has 3 amide bonds. The summed E-state index contributed by atoms with van der Waals surface area (Å²) in [5, 5.41) is 6.22. The van der Waals surface area contributed by atoms with E-state index in [4.69, 9.17) is 25.9 Å². The Morgan fingerprint density at radius 3 is 2.54 bits per heavy atom. The quantitative estimate of drug-likeness (QED) is 0.244. The van der Waals surface area contributed by atoms with Crippen LogP contribution in [0, 0.1) is 0 Å². The Morgan fingerprint density at radius 2 is 1.78 bits per heavy atom. The molecular formula is C27H25ClN4O5. The third kappa shape index (κ3) is 6.27. The summed E-state index contributed by atoms with van der Waals surface area (Å²) >= 11 is 6.35. The summed E-state index contributed by atoms with van der Waals surface area (Å²) < 4.78 is 12.2. The lowest BCUT2D eigenvalue weighted by Crippen LogP contribution is -2.28. The Hall–Kier alpha value is -4.34. The molecule has 0 aliphatic carbocycles. The summed E-state index contributed by atoms with van der Waals surface area (Å²) in [6.45, 7) is 2.51. The van der Waals surface area contributed by atoms with Gasteiger partial charge in [-0.15, -0.1) is 0 Å². The molecule has 0 saturated heterocycles. The zero-order valence-corrected chi connectivity index (χ0v) is 21.0. The molecule has 4 rings (SSSR count). The molecule has 0 saturated carbocycles. The van der Waals surface area contributed by atoms with Crippen LogP contribution in [0.3, 0.4) is 0 Å². The molecule has 3 N–H and O–H groups in total. The fourth-order valence-corrected chi connectivity index (χ4v) is 3.78. The number of rotatable bonds is 9. The van der Waals surface area contributed by atoms with Gasteiger partial charge in [0.1, 0.15) is 23.8 Å². The lowest BCUT2D eigenvalue weighted by atomic mass is 10.1. The fourth-order valence-electron chi connectivity index (χ4n) is 3.56. The maximum Gasteiger partial charge on any atom is 0.319 e. The number of carbonyl (C=O) groups excluding carboxylic acids is 2. The number of aromatic nitrogens is 1. The van der Waals surface area contributed by atoms with E-state index < -0.39 is 11.9 Å². The second-order valence-electron chi connectivity index (χ2n) is 7.78. The van der Waals surface area contributed by atoms with Crippen molar-refractivity contribution in [3.8, 4) is 17.2 Å². The van der Waals surface area contributed by atoms with Gasteiger partial charge in [0.2, 0.25) is 0 Å². The first-order chi connectivity index (χ1) is 18.0. The molecule has 37 heavy (non-hydrogen) atoms. The van der Waals surface area contributed by atoms with E-state index >= 15 is 0 Å². The largest absolute Gasteiger partial charge is 0.488 e. The van der Waals surface area contributed by atoms with Crippen molar-refractivity contribution in [1.82, 2.24) is 15.8 Å². The number of ether oxygens (including phenoxy) is 2. The Bertz CT molecular complexity index is 1420. The second kappa shape index (κ2) is 12.1. The smallest absolute Gasteiger partial charge is 0.319 e. The van der Waals surface area contributed by atoms with E-state index in [1.165, 1.54) is 7.11 Å². The van der Waals surface area contributed by atoms with Gasteiger partial charge in [0.15, 0.2) is 5.75 Å². The van der Waals surface area contributed by atoms with Crippen LogP contribution in [-0.4, -0.2) is 30.6 Å². The highest BCUT2D eigenvalue weighted by atomic mass is 35.5. The van der Waals surface area contributed by atoms with Gasteiger partial charge in [-0.25, -0.2) is 10.3 Å². The molecule has 1 aromatic heterocycles. The molecular weight excluding hydrogens is 496 g/mol. The molecule has 4 aromatic rings. The van der Waals surface area contributed by atoms with Gasteiger partial charge >= 0.3 is 6.03 Å². The Labute approximate surface area is 218 Å². The highest BCUT2D eigenvalue weighted by Crippen LogP contribution is 2.38. The van der Waals surface area contributed by atoms with Gasteiger partial charge in [-0.05, 0) is 36.8 Å². The first-order valence-electron chi connectivity index (χ1n) is 11.4. The van der Waals surface area contributed by atoms with E-state index in [2.05, 4.69) is 21.1 Å². The van der Waals surface area contributed by atoms with E-state index in [1.807, 2.05) is 37.3 Å². The highest BCUT2D eigenvalue weighted by Gasteiger charge is 2.19. The van der Waals surface area contributed by atoms with Crippen LogP contribution in [0.4, 0.5) is 10.5 Å². The third-order valence-corrected chi connectivity index (χ3v) is 5.57. The van der Waals surface area contributed by atoms with Gasteiger partial charge in [0, 0.05) is 24.2 Å². The Balaban J connectivity index is 1.72. The van der Waals surface area contributed by atoms with Crippen LogP contribution in [0.2, 0.25) is 5.02 Å². The van der Waals surface area contributed by atoms with Crippen LogP contribution < -0.4 is 25.6 Å². The molecule has 0 radical (unpaired) electrons. The molecule has 10 heteroatoms. The molecule has 3 aromatic carbocycles. The number of hydrogen-bond acceptors (Lipinski definition) is 6. The molecule has 1 heterocycles. The van der Waals surface area contributed by atoms with Crippen LogP contribution in [0.25, 0.3) is 10.9 Å². The highest BCUT2D eigenvalue weighted by molar-refractivity contribution is 6.34. The first kappa shape index (κ1) is 25.7. The Morgan fingerprint density at radius 1 is 0.973 bits per heavy atom. The van der Waals surface area contributed by atoms with Crippen molar-refractivity contribution in [3.05, 3.63) is 89.1 Å². The minimum atomic E-state index is -0.497. The summed E-state index contributed by atoms with van der Waals surface area (Å²) in [6, 6.07) is 19.1. The van der Waals surface area contributed by atoms with Crippen LogP contribution in [-0.2, 0) is 11.4 Å². The maximum absolute atomic E-state index is 12.8. The van der Waals surface area contributed by atoms with Crippen LogP contribution in [0.5, 0.6) is 17.2 Å². The lowest BCUT2D eigenvalue weighted by molar-refractivity contribution is 0.0534. The zero-order valence-electron chi connectivity index (χ0n) is 20.2. The summed E-state index contributed by atoms with van der Waals surface area (Å²) in [4.78, 5) is 34.2. The van der Waals surface area contributed by atoms with Gasteiger partial charge in [0.05, 0.1) is 23.2 Å². The first-order valence-corrected chi connectivity index (χ1v) is 11.8. The number of hydroxylamine groups is 1. The van der Waals surface area contributed by atoms with Crippen molar-refractivity contribution >= 4 is 40.1 Å². The number of hydrogen-bond donors (Lipinski definition) is 3. The number of fused-ring (bicyclic) bond motifs is 1. The summed E-state index contributed by atoms with van der Waals surface area (Å²) in [5.41, 5.74) is 4.35. The van der Waals surface area contributed by atoms with Gasteiger partial charge < -0.3 is 20.1 Å². The monoisotopic (exact) mass is 520 g/mol. The number of para-hydroxylation sites is 1. The standard InChI is InChI=1S/C27H25ClN4O5/c1-3-29-27(34)31-25-20(28)10-7-11-23(25)37-22-12-13-30-21-15-24(36-16-17-8-5-4-6-9-17)19(14-18(21)22)26(33)32-35-2/h4-15H,3,16H2,1-2H3,(H,32,33)(H2,29,31,34). The molecule has 0 bridgehead atoms. The van der Waals surface area contributed by atoms with Crippen LogP contribution >= 0.6 is 11.6 Å². The summed E-state index contributed by atoms with van der Waals surface area (Å²) in [7, 11) is 1.35. The lowest BCUT2D eigenvalue weighted by Gasteiger charge is -2.16. The van der Waals surface area contributed by atoms with Gasteiger partial charge in [-0.2, -0.15) is 0 Å². The number of carbonyl (C=O) groups is 2. The number of nitrogens with zero attached hydrogens (tertiary/aromatic N) is 1. The van der Waals surface area contributed by atoms with Crippen LogP contribution in [0.1, 0.15) is 22.8 Å². The van der Waals surface area contributed by atoms with E-state index in [9.17, 15) is 9.59 Å². The molecule has 0 spiro atoms. The average Bonchev–Trinajstić information content (AvgIpc) is 2.90. The van der Waals surface area contributed by atoms with Crippen molar-refractivity contribution in [2.45, 2.75) is 13.5 Å². The van der Waals surface area contributed by atoms with Crippen molar-refractivity contribution in [3.63, 3.8) is 0 Å². The van der Waals surface area contributed by atoms with E-state index in [0.717, 1.165) is 5.56 Å². The number of amides is 3. The summed E-state index contributed by atoms with van der Waals surface area (Å²) in [6.07, 6.45) is 1.58. The maximum atomic E-state index is 12.8. The average molecular weight is 521 g/mol. The van der Waals surface area contributed by atoms with Gasteiger partial charge in [0.25, 0.3) is 5.91 Å². The van der Waals surface area contributed by atoms with E-state index in [1.54, 1.807) is 42.6 Å². The predicted octanol–water partition coefficient (Wildman–Crippen LogP) is 5.69. The topological polar surface area (TPSA) is 111 Å². The van der Waals surface area contributed by atoms with Crippen molar-refractivity contribution in [2.24, 2.45) is 0 Å². The van der Waals surface area contributed by atoms with Crippen molar-refractivity contribution in [2.75, 3.05) is 19.0 Å². The molecule has 0 fully saturated rings. The molecule has 190 valence electrons. The minimum absolute atomic E-state index is 0.231. The number of pyridine rings is 1. The van der Waals surface area contributed by atoms with E-state index in [-0.39, 0.29) is 12.2 Å². The molecule has 0 aliphatic rings. The third-order valence-electron chi connectivity index (χ3n) is 5.25. The Kier molecular flexibility index (Phi) is 8.40. The SMILES string of the molecule is CCNC(=O)Nc1c(Cl)cccc1Oc1ccnc2cc(OCc3ccccc3)c(C(=O)NOC)cc12. The number of nitrogens with one attached hydrogen (secondary N) is 3. The minimum Gasteiger partial charge on any atom is -0.488 e. The molecule has 0 aliphatic heterocycles. The number of halogens is 1. The summed E-state index contributed by atoms with van der Waals surface area (Å²) in [5.74, 6) is 0.548. The molecule has 0 atom stereocenters. The number of urea groups is 1. The second-order valence-corrected chi connectivity index (χ2v) is 8.19. The van der Waals surface area contributed by atoms with Gasteiger partial charge in [-0.1, -0.05) is 48.0 Å². The molecule has 0 unspecified atom stereocenters.